The van der Waals surface area contributed by atoms with Gasteiger partial charge in [0.05, 0.1) is 0 Å². The van der Waals surface area contributed by atoms with E-state index >= 15 is 0 Å². The summed E-state index contributed by atoms with van der Waals surface area (Å²) in [7, 11) is 0. The highest BCUT2D eigenvalue weighted by Gasteiger charge is 2.34. The summed E-state index contributed by atoms with van der Waals surface area (Å²) in [5.74, 6) is 0.629. The van der Waals surface area contributed by atoms with Crippen LogP contribution in [0.2, 0.25) is 0 Å². The van der Waals surface area contributed by atoms with Crippen LogP contribution < -0.4 is 0 Å². The van der Waals surface area contributed by atoms with Crippen LogP contribution in [-0.4, -0.2) is 10.2 Å². The molecule has 0 amide bonds. The zero-order chi connectivity index (χ0) is 27.5. The van der Waals surface area contributed by atoms with E-state index in [1.165, 1.54) is 89.9 Å². The summed E-state index contributed by atoms with van der Waals surface area (Å²) in [5, 5.41) is -0.00593. The molecule has 2 unspecified atom stereocenters. The van der Waals surface area contributed by atoms with Crippen LogP contribution in [0.4, 0.5) is 0 Å². The van der Waals surface area contributed by atoms with Gasteiger partial charge in [0, 0.05) is 12.8 Å². The van der Waals surface area contributed by atoms with E-state index in [4.69, 9.17) is 0 Å². The number of unbranched alkanes of at least 4 members (excludes halogenated alkanes) is 12. The average Bonchev–Trinajstić information content (AvgIpc) is 2.79. The molecule has 0 aromatic heterocycles. The maximum atomic E-state index is 12.1. The molecule has 4 heteroatoms. The van der Waals surface area contributed by atoms with Crippen molar-refractivity contribution in [2.75, 3.05) is 0 Å². The molecule has 0 aromatic rings. The van der Waals surface area contributed by atoms with Crippen LogP contribution >= 0.6 is 25.3 Å². The largest absolute Gasteiger partial charge is 0.287 e. The third kappa shape index (κ3) is 18.3. The van der Waals surface area contributed by atoms with E-state index in [1.807, 2.05) is 0 Å². The van der Waals surface area contributed by atoms with Crippen LogP contribution in [-0.2, 0) is 9.59 Å². The highest BCUT2D eigenvalue weighted by atomic mass is 32.1. The Labute approximate surface area is 237 Å². The third-order valence-electron chi connectivity index (χ3n) is 8.77. The number of rotatable bonds is 25. The second kappa shape index (κ2) is 20.9. The molecule has 0 aromatic carbocycles. The summed E-state index contributed by atoms with van der Waals surface area (Å²) in [6.07, 6.45) is 23.8. The van der Waals surface area contributed by atoms with E-state index in [-0.39, 0.29) is 21.1 Å². The normalized spacial score (nSPS) is 14.1. The Balaban J connectivity index is 4.93. The topological polar surface area (TPSA) is 34.1 Å². The van der Waals surface area contributed by atoms with Gasteiger partial charge in [-0.25, -0.2) is 0 Å². The lowest BCUT2D eigenvalue weighted by molar-refractivity contribution is -0.114. The fraction of sp³-hybridized carbons (Fsp3) is 0.938. The summed E-state index contributed by atoms with van der Waals surface area (Å²) >= 11 is 8.33. The van der Waals surface area contributed by atoms with E-state index in [1.54, 1.807) is 0 Å². The third-order valence-corrected chi connectivity index (χ3v) is 9.13. The van der Waals surface area contributed by atoms with Gasteiger partial charge in [0.15, 0.2) is 10.2 Å². The van der Waals surface area contributed by atoms with Gasteiger partial charge in [-0.15, -0.1) is 25.3 Å². The lowest BCUT2D eigenvalue weighted by Gasteiger charge is -2.38. The molecule has 0 radical (unpaired) electrons. The summed E-state index contributed by atoms with van der Waals surface area (Å²) in [6, 6.07) is 0. The monoisotopic (exact) mass is 542 g/mol. The van der Waals surface area contributed by atoms with E-state index < -0.39 is 0 Å². The van der Waals surface area contributed by atoms with Gasteiger partial charge < -0.3 is 0 Å². The summed E-state index contributed by atoms with van der Waals surface area (Å²) in [6.45, 7) is 13.9. The Kier molecular flexibility index (Phi) is 21.0. The van der Waals surface area contributed by atoms with Crippen LogP contribution in [0.1, 0.15) is 170 Å². The molecule has 0 aliphatic rings. The van der Waals surface area contributed by atoms with Gasteiger partial charge in [0.25, 0.3) is 0 Å². The quantitative estimate of drug-likeness (QED) is 0.0888. The van der Waals surface area contributed by atoms with Crippen LogP contribution in [0.5, 0.6) is 0 Å². The van der Waals surface area contributed by atoms with Crippen LogP contribution in [0.15, 0.2) is 0 Å². The molecule has 0 rings (SSSR count). The molecular formula is C32H62O2S2. The lowest BCUT2D eigenvalue weighted by atomic mass is 9.67. The molecule has 0 N–H and O–H groups in total. The van der Waals surface area contributed by atoms with Gasteiger partial charge in [-0.05, 0) is 48.3 Å². The number of carbonyl (C=O) groups excluding carboxylic acids is 2. The Morgan fingerprint density at radius 2 is 0.806 bits per heavy atom. The van der Waals surface area contributed by atoms with Gasteiger partial charge in [-0.3, -0.25) is 9.59 Å². The maximum absolute atomic E-state index is 12.1. The zero-order valence-electron chi connectivity index (χ0n) is 25.0. The van der Waals surface area contributed by atoms with Crippen LogP contribution in [0.3, 0.4) is 0 Å². The predicted molar refractivity (Wildman–Crippen MR) is 166 cm³/mol. The molecule has 0 aliphatic carbocycles. The molecule has 2 nitrogen and oxygen atoms in total. The Morgan fingerprint density at radius 1 is 0.528 bits per heavy atom. The van der Waals surface area contributed by atoms with E-state index in [9.17, 15) is 9.59 Å². The van der Waals surface area contributed by atoms with Crippen molar-refractivity contribution in [3.8, 4) is 0 Å². The minimum atomic E-state index is -0.00297. The smallest absolute Gasteiger partial charge is 0.186 e. The van der Waals surface area contributed by atoms with Crippen molar-refractivity contribution >= 4 is 35.5 Å². The Hall–Kier alpha value is 0.0400. The van der Waals surface area contributed by atoms with Crippen LogP contribution in [0, 0.1) is 22.7 Å². The van der Waals surface area contributed by atoms with E-state index in [0.29, 0.717) is 24.7 Å². The minimum Gasteiger partial charge on any atom is -0.287 e. The Morgan fingerprint density at radius 3 is 1.08 bits per heavy atom. The van der Waals surface area contributed by atoms with Crippen molar-refractivity contribution in [1.82, 2.24) is 0 Å². The standard InChI is InChI=1S/C32H62O2S2/c1-7-9-11-13-15-17-19-23-31(3,4)27(25-29(33)35)21-22-28(26-30(34)36)32(5,6)24-20-18-16-14-12-10-8-2/h27-28H,7-26H2,1-6H3,(H,33,35)(H,34,36). The Bertz CT molecular complexity index is 521. The fourth-order valence-electron chi connectivity index (χ4n) is 5.85. The second-order valence-electron chi connectivity index (χ2n) is 12.9. The second-order valence-corrected chi connectivity index (χ2v) is 13.9. The van der Waals surface area contributed by atoms with Gasteiger partial charge in [-0.2, -0.15) is 0 Å². The molecule has 0 saturated carbocycles. The van der Waals surface area contributed by atoms with Gasteiger partial charge in [-0.1, -0.05) is 131 Å². The summed E-state index contributed by atoms with van der Waals surface area (Å²) in [5.41, 5.74) is 0.222. The van der Waals surface area contributed by atoms with Crippen molar-refractivity contribution in [1.29, 1.82) is 0 Å². The number of hydrogen-bond donors (Lipinski definition) is 2. The molecule has 0 bridgehead atoms. The SMILES string of the molecule is CCCCCCCCCC(C)(C)C(CCC(CC(=O)S)C(C)(C)CCCCCCCCC)CC(=O)S. The molecule has 0 spiro atoms. The van der Waals surface area contributed by atoms with Gasteiger partial charge in [0.1, 0.15) is 0 Å². The van der Waals surface area contributed by atoms with Crippen molar-refractivity contribution in [3.63, 3.8) is 0 Å². The highest BCUT2D eigenvalue weighted by Crippen LogP contribution is 2.43. The van der Waals surface area contributed by atoms with Gasteiger partial charge in [0.2, 0.25) is 0 Å². The van der Waals surface area contributed by atoms with Crippen LogP contribution in [0.25, 0.3) is 0 Å². The molecule has 0 heterocycles. The predicted octanol–water partition coefficient (Wildman–Crippen LogP) is 11.0. The van der Waals surface area contributed by atoms with Gasteiger partial charge >= 0.3 is 0 Å². The molecule has 0 aliphatic heterocycles. The first-order valence-electron chi connectivity index (χ1n) is 15.4. The summed E-state index contributed by atoms with van der Waals surface area (Å²) in [4.78, 5) is 24.1. The first-order chi connectivity index (χ1) is 17.0. The highest BCUT2D eigenvalue weighted by molar-refractivity contribution is 7.96. The fourth-order valence-corrected chi connectivity index (χ4v) is 6.29. The van der Waals surface area contributed by atoms with Crippen molar-refractivity contribution in [2.24, 2.45) is 22.7 Å². The number of carbonyl (C=O) groups is 2. The van der Waals surface area contributed by atoms with Crippen molar-refractivity contribution in [3.05, 3.63) is 0 Å². The average molecular weight is 543 g/mol. The summed E-state index contributed by atoms with van der Waals surface area (Å²) < 4.78 is 0. The number of thiol groups is 2. The minimum absolute atomic E-state index is 0.00297. The van der Waals surface area contributed by atoms with E-state index in [2.05, 4.69) is 66.8 Å². The first-order valence-corrected chi connectivity index (χ1v) is 16.3. The molecule has 2 atom stereocenters. The lowest BCUT2D eigenvalue weighted by Crippen LogP contribution is -2.30. The molecular weight excluding hydrogens is 480 g/mol. The molecule has 0 fully saturated rings. The molecule has 0 saturated heterocycles. The van der Waals surface area contributed by atoms with E-state index in [0.717, 1.165) is 25.7 Å². The molecule has 36 heavy (non-hydrogen) atoms. The van der Waals surface area contributed by atoms with Crippen molar-refractivity contribution in [2.45, 2.75) is 170 Å². The maximum Gasteiger partial charge on any atom is 0.186 e. The first kappa shape index (κ1) is 36.0. The zero-order valence-corrected chi connectivity index (χ0v) is 26.8. The van der Waals surface area contributed by atoms with Crippen molar-refractivity contribution < 1.29 is 9.59 Å². The number of hydrogen-bond acceptors (Lipinski definition) is 2. The molecule has 214 valence electrons.